The van der Waals surface area contributed by atoms with Gasteiger partial charge in [0.25, 0.3) is 5.91 Å². The smallest absolute Gasteiger partial charge is 0.293 e. The topological polar surface area (TPSA) is 87.9 Å². The van der Waals surface area contributed by atoms with E-state index in [1.807, 2.05) is 11.8 Å². The summed E-state index contributed by atoms with van der Waals surface area (Å²) < 4.78 is 0. The molecule has 3 N–H and O–H groups in total. The van der Waals surface area contributed by atoms with Gasteiger partial charge in [0.2, 0.25) is 5.82 Å². The summed E-state index contributed by atoms with van der Waals surface area (Å²) in [5.74, 6) is 1.52. The van der Waals surface area contributed by atoms with E-state index >= 15 is 0 Å². The van der Waals surface area contributed by atoms with E-state index in [1.165, 1.54) is 0 Å². The van der Waals surface area contributed by atoms with Gasteiger partial charge in [-0.05, 0) is 25.3 Å². The summed E-state index contributed by atoms with van der Waals surface area (Å²) in [4.78, 5) is 18.0. The van der Waals surface area contributed by atoms with Gasteiger partial charge < -0.3 is 10.6 Å². The predicted molar refractivity (Wildman–Crippen MR) is 63.4 cm³/mol. The molecule has 17 heavy (non-hydrogen) atoms. The van der Waals surface area contributed by atoms with Crippen LogP contribution >= 0.6 is 0 Å². The third kappa shape index (κ3) is 2.63. The van der Waals surface area contributed by atoms with Crippen LogP contribution in [0.1, 0.15) is 36.2 Å². The van der Waals surface area contributed by atoms with E-state index < -0.39 is 0 Å². The zero-order valence-corrected chi connectivity index (χ0v) is 10.1. The molecule has 1 saturated heterocycles. The molecule has 6 heteroatoms. The molecule has 0 atom stereocenters. The fourth-order valence-electron chi connectivity index (χ4n) is 2.06. The summed E-state index contributed by atoms with van der Waals surface area (Å²) in [6.07, 6.45) is 2.72. The molecular weight excluding hydrogens is 218 g/mol. The van der Waals surface area contributed by atoms with Crippen LogP contribution in [0.5, 0.6) is 0 Å². The van der Waals surface area contributed by atoms with Gasteiger partial charge in [0.15, 0.2) is 0 Å². The van der Waals surface area contributed by atoms with Gasteiger partial charge in [0.05, 0.1) is 0 Å². The standard InChI is InChI=1S/C11H19N5O/c1-2-9-13-10(15-14-9)11(17)16-5-3-8(7-12)4-6-16/h8H,2-7,12H2,1H3,(H,13,14,15). The number of hydrogen-bond donors (Lipinski definition) is 2. The minimum atomic E-state index is -0.0728. The SMILES string of the molecule is CCc1nc(C(=O)N2CCC(CN)CC2)n[nH]1. The van der Waals surface area contributed by atoms with E-state index in [9.17, 15) is 4.79 Å². The number of H-pyrrole nitrogens is 1. The molecule has 0 bridgehead atoms. The lowest BCUT2D eigenvalue weighted by atomic mass is 9.97. The minimum Gasteiger partial charge on any atom is -0.336 e. The third-order valence-corrected chi connectivity index (χ3v) is 3.29. The van der Waals surface area contributed by atoms with Crippen molar-refractivity contribution in [2.45, 2.75) is 26.2 Å². The number of aromatic nitrogens is 3. The highest BCUT2D eigenvalue weighted by molar-refractivity contribution is 5.90. The zero-order valence-electron chi connectivity index (χ0n) is 10.1. The number of nitrogens with zero attached hydrogens (tertiary/aromatic N) is 3. The van der Waals surface area contributed by atoms with Crippen molar-refractivity contribution < 1.29 is 4.79 Å². The third-order valence-electron chi connectivity index (χ3n) is 3.29. The van der Waals surface area contributed by atoms with Crippen LogP contribution in [0.4, 0.5) is 0 Å². The van der Waals surface area contributed by atoms with Crippen molar-refractivity contribution >= 4 is 5.91 Å². The molecule has 0 aliphatic carbocycles. The maximum Gasteiger partial charge on any atom is 0.293 e. The number of carbonyl (C=O) groups is 1. The molecular formula is C11H19N5O. The maximum atomic E-state index is 12.1. The quantitative estimate of drug-likeness (QED) is 0.785. The second-order valence-corrected chi connectivity index (χ2v) is 4.43. The van der Waals surface area contributed by atoms with Crippen LogP contribution in [0.2, 0.25) is 0 Å². The molecule has 94 valence electrons. The number of aromatic amines is 1. The van der Waals surface area contributed by atoms with Gasteiger partial charge in [0, 0.05) is 19.5 Å². The highest BCUT2D eigenvalue weighted by atomic mass is 16.2. The molecule has 0 unspecified atom stereocenters. The fourth-order valence-corrected chi connectivity index (χ4v) is 2.06. The number of hydrogen-bond acceptors (Lipinski definition) is 4. The Morgan fingerprint density at radius 2 is 2.24 bits per heavy atom. The molecule has 1 aliphatic rings. The van der Waals surface area contributed by atoms with Gasteiger partial charge in [-0.1, -0.05) is 6.92 Å². The zero-order chi connectivity index (χ0) is 12.3. The number of amides is 1. The summed E-state index contributed by atoms with van der Waals surface area (Å²) in [5, 5.41) is 6.72. The van der Waals surface area contributed by atoms with E-state index in [4.69, 9.17) is 5.73 Å². The van der Waals surface area contributed by atoms with Gasteiger partial charge >= 0.3 is 0 Å². The Bertz CT molecular complexity index is 381. The predicted octanol–water partition coefficient (Wildman–Crippen LogP) is 0.178. The Morgan fingerprint density at radius 1 is 1.53 bits per heavy atom. The summed E-state index contributed by atoms with van der Waals surface area (Å²) >= 11 is 0. The molecule has 1 aliphatic heterocycles. The van der Waals surface area contributed by atoms with Crippen LogP contribution in [0, 0.1) is 5.92 Å². The Morgan fingerprint density at radius 3 is 2.76 bits per heavy atom. The molecule has 1 amide bonds. The maximum absolute atomic E-state index is 12.1. The number of nitrogens with two attached hydrogens (primary N) is 1. The van der Waals surface area contributed by atoms with Crippen molar-refractivity contribution in [3.8, 4) is 0 Å². The average molecular weight is 237 g/mol. The first-order chi connectivity index (χ1) is 8.24. The van der Waals surface area contributed by atoms with Crippen LogP contribution in [-0.2, 0) is 6.42 Å². The Hall–Kier alpha value is -1.43. The van der Waals surface area contributed by atoms with Crippen molar-refractivity contribution in [3.05, 3.63) is 11.6 Å². The Labute approximate surface area is 101 Å². The van der Waals surface area contributed by atoms with Crippen molar-refractivity contribution in [2.75, 3.05) is 19.6 Å². The van der Waals surface area contributed by atoms with Gasteiger partial charge in [0.1, 0.15) is 5.82 Å². The van der Waals surface area contributed by atoms with Gasteiger partial charge in [-0.15, -0.1) is 5.10 Å². The number of rotatable bonds is 3. The van der Waals surface area contributed by atoms with E-state index in [2.05, 4.69) is 15.2 Å². The van der Waals surface area contributed by atoms with Crippen molar-refractivity contribution in [3.63, 3.8) is 0 Å². The second-order valence-electron chi connectivity index (χ2n) is 4.43. The van der Waals surface area contributed by atoms with Gasteiger partial charge in [-0.25, -0.2) is 4.98 Å². The monoisotopic (exact) mass is 237 g/mol. The second kappa shape index (κ2) is 5.27. The molecule has 2 heterocycles. The number of carbonyl (C=O) groups excluding carboxylic acids is 1. The van der Waals surface area contributed by atoms with Crippen molar-refractivity contribution in [2.24, 2.45) is 11.7 Å². The van der Waals surface area contributed by atoms with Gasteiger partial charge in [-0.3, -0.25) is 9.89 Å². The van der Waals surface area contributed by atoms with Crippen molar-refractivity contribution in [1.29, 1.82) is 0 Å². The first-order valence-corrected chi connectivity index (χ1v) is 6.15. The van der Waals surface area contributed by atoms with E-state index in [-0.39, 0.29) is 11.7 Å². The molecule has 2 rings (SSSR count). The average Bonchev–Trinajstić information content (AvgIpc) is 2.87. The van der Waals surface area contributed by atoms with Gasteiger partial charge in [-0.2, -0.15) is 0 Å². The normalized spacial score (nSPS) is 17.4. The number of piperidine rings is 1. The van der Waals surface area contributed by atoms with E-state index in [1.54, 1.807) is 0 Å². The van der Waals surface area contributed by atoms with Crippen LogP contribution in [0.15, 0.2) is 0 Å². The fraction of sp³-hybridized carbons (Fsp3) is 0.727. The highest BCUT2D eigenvalue weighted by Gasteiger charge is 2.25. The first-order valence-electron chi connectivity index (χ1n) is 6.15. The lowest BCUT2D eigenvalue weighted by molar-refractivity contribution is 0.0681. The largest absolute Gasteiger partial charge is 0.336 e. The van der Waals surface area contributed by atoms with E-state index in [0.29, 0.717) is 12.5 Å². The number of likely N-dealkylation sites (tertiary alicyclic amines) is 1. The van der Waals surface area contributed by atoms with Crippen LogP contribution in [-0.4, -0.2) is 45.6 Å². The van der Waals surface area contributed by atoms with E-state index in [0.717, 1.165) is 38.2 Å². The molecule has 1 aromatic heterocycles. The Balaban J connectivity index is 1.96. The first kappa shape index (κ1) is 12.0. The molecule has 0 aromatic carbocycles. The molecule has 6 nitrogen and oxygen atoms in total. The van der Waals surface area contributed by atoms with Crippen molar-refractivity contribution in [1.82, 2.24) is 20.1 Å². The van der Waals surface area contributed by atoms with Crippen LogP contribution in [0.25, 0.3) is 0 Å². The summed E-state index contributed by atoms with van der Waals surface area (Å²) in [6.45, 7) is 4.21. The molecule has 0 radical (unpaired) electrons. The minimum absolute atomic E-state index is 0.0728. The molecule has 1 aromatic rings. The lowest BCUT2D eigenvalue weighted by Gasteiger charge is -2.30. The molecule has 0 saturated carbocycles. The van der Waals surface area contributed by atoms with Crippen LogP contribution < -0.4 is 5.73 Å². The summed E-state index contributed by atoms with van der Waals surface area (Å²) in [6, 6.07) is 0. The number of nitrogens with one attached hydrogen (secondary N) is 1. The number of aryl methyl sites for hydroxylation is 1. The van der Waals surface area contributed by atoms with Crippen LogP contribution in [0.3, 0.4) is 0 Å². The molecule has 1 fully saturated rings. The Kier molecular flexibility index (Phi) is 3.73. The highest BCUT2D eigenvalue weighted by Crippen LogP contribution is 2.16. The lowest BCUT2D eigenvalue weighted by Crippen LogP contribution is -2.40. The molecule has 0 spiro atoms. The summed E-state index contributed by atoms with van der Waals surface area (Å²) in [7, 11) is 0. The summed E-state index contributed by atoms with van der Waals surface area (Å²) in [5.41, 5.74) is 5.62.